The second-order valence-electron chi connectivity index (χ2n) is 5.38. The number of rotatable bonds is 5. The van der Waals surface area contributed by atoms with E-state index >= 15 is 0 Å². The molecule has 0 aliphatic carbocycles. The van der Waals surface area contributed by atoms with E-state index in [1.165, 1.54) is 12.1 Å². The second kappa shape index (κ2) is 5.79. The van der Waals surface area contributed by atoms with Crippen LogP contribution in [0, 0.1) is 5.82 Å². The molecule has 1 atom stereocenters. The zero-order valence-electron chi connectivity index (χ0n) is 11.4. The standard InChI is InChI=1S/C14H17BrFNO3/c1-9(11-4-3-10(16)5-12(11)15)17-7-14(2,8-17)20-6-13(18)19/h3-5,9H,6-8H2,1-2H3,(H,18,19). The molecule has 2 rings (SSSR count). The van der Waals surface area contributed by atoms with Gasteiger partial charge in [0, 0.05) is 23.6 Å². The van der Waals surface area contributed by atoms with Gasteiger partial charge in [0.15, 0.2) is 0 Å². The topological polar surface area (TPSA) is 49.8 Å². The number of ether oxygens (including phenoxy) is 1. The molecule has 0 aromatic heterocycles. The number of carboxylic acid groups (broad SMARTS) is 1. The van der Waals surface area contributed by atoms with Crippen molar-refractivity contribution in [3.05, 3.63) is 34.1 Å². The summed E-state index contributed by atoms with van der Waals surface area (Å²) in [5, 5.41) is 8.63. The van der Waals surface area contributed by atoms with Gasteiger partial charge in [0.25, 0.3) is 0 Å². The lowest BCUT2D eigenvalue weighted by molar-refractivity contribution is -0.169. The van der Waals surface area contributed by atoms with Gasteiger partial charge in [-0.05, 0) is 31.5 Å². The van der Waals surface area contributed by atoms with Crippen molar-refractivity contribution in [1.82, 2.24) is 4.90 Å². The predicted octanol–water partition coefficient (Wildman–Crippen LogP) is 2.82. The van der Waals surface area contributed by atoms with E-state index in [0.717, 1.165) is 10.0 Å². The molecule has 0 bridgehead atoms. The minimum absolute atomic E-state index is 0.117. The molecular weight excluding hydrogens is 329 g/mol. The predicted molar refractivity (Wildman–Crippen MR) is 76.1 cm³/mol. The Hall–Kier alpha value is -0.980. The minimum atomic E-state index is -0.959. The van der Waals surface area contributed by atoms with Crippen LogP contribution in [0.1, 0.15) is 25.5 Å². The van der Waals surface area contributed by atoms with Crippen molar-refractivity contribution in [1.29, 1.82) is 0 Å². The van der Waals surface area contributed by atoms with Crippen LogP contribution in [0.15, 0.2) is 22.7 Å². The van der Waals surface area contributed by atoms with E-state index in [4.69, 9.17) is 9.84 Å². The van der Waals surface area contributed by atoms with Crippen molar-refractivity contribution < 1.29 is 19.0 Å². The largest absolute Gasteiger partial charge is 0.480 e. The SMILES string of the molecule is CC(c1ccc(F)cc1Br)N1CC(C)(OCC(=O)O)C1. The van der Waals surface area contributed by atoms with Crippen LogP contribution >= 0.6 is 15.9 Å². The van der Waals surface area contributed by atoms with Crippen molar-refractivity contribution >= 4 is 21.9 Å². The van der Waals surface area contributed by atoms with Gasteiger partial charge in [0.05, 0.1) is 5.60 Å². The molecule has 1 N–H and O–H groups in total. The fraction of sp³-hybridized carbons (Fsp3) is 0.500. The van der Waals surface area contributed by atoms with Gasteiger partial charge in [-0.2, -0.15) is 0 Å². The Balaban J connectivity index is 1.96. The Morgan fingerprint density at radius 2 is 2.25 bits per heavy atom. The zero-order chi connectivity index (χ0) is 14.9. The van der Waals surface area contributed by atoms with E-state index in [-0.39, 0.29) is 18.5 Å². The normalized spacial score (nSPS) is 19.4. The van der Waals surface area contributed by atoms with Crippen molar-refractivity contribution in [2.75, 3.05) is 19.7 Å². The maximum absolute atomic E-state index is 13.1. The first kappa shape index (κ1) is 15.4. The Kier molecular flexibility index (Phi) is 4.46. The van der Waals surface area contributed by atoms with E-state index in [9.17, 15) is 9.18 Å². The fourth-order valence-electron chi connectivity index (χ4n) is 2.45. The lowest BCUT2D eigenvalue weighted by Crippen LogP contribution is -2.62. The van der Waals surface area contributed by atoms with Gasteiger partial charge in [0.2, 0.25) is 0 Å². The summed E-state index contributed by atoms with van der Waals surface area (Å²) in [6, 6.07) is 4.77. The van der Waals surface area contributed by atoms with Gasteiger partial charge in [-0.15, -0.1) is 0 Å². The minimum Gasteiger partial charge on any atom is -0.480 e. The zero-order valence-corrected chi connectivity index (χ0v) is 13.0. The van der Waals surface area contributed by atoms with Gasteiger partial charge >= 0.3 is 5.97 Å². The lowest BCUT2D eigenvalue weighted by Gasteiger charge is -2.50. The van der Waals surface area contributed by atoms with Crippen LogP contribution in [0.25, 0.3) is 0 Å². The highest BCUT2D eigenvalue weighted by atomic mass is 79.9. The van der Waals surface area contributed by atoms with Crippen LogP contribution in [0.2, 0.25) is 0 Å². The number of hydrogen-bond donors (Lipinski definition) is 1. The number of aliphatic carboxylic acids is 1. The molecule has 0 spiro atoms. The smallest absolute Gasteiger partial charge is 0.329 e. The molecule has 6 heteroatoms. The summed E-state index contributed by atoms with van der Waals surface area (Å²) < 4.78 is 19.2. The Bertz CT molecular complexity index is 517. The summed E-state index contributed by atoms with van der Waals surface area (Å²) >= 11 is 3.37. The number of hydrogen-bond acceptors (Lipinski definition) is 3. The molecule has 1 aliphatic rings. The molecule has 1 saturated heterocycles. The van der Waals surface area contributed by atoms with Crippen LogP contribution in [0.5, 0.6) is 0 Å². The molecule has 1 unspecified atom stereocenters. The van der Waals surface area contributed by atoms with Gasteiger partial charge in [-0.25, -0.2) is 9.18 Å². The van der Waals surface area contributed by atoms with E-state index < -0.39 is 11.6 Å². The first-order valence-electron chi connectivity index (χ1n) is 6.35. The van der Waals surface area contributed by atoms with E-state index in [0.29, 0.717) is 13.1 Å². The van der Waals surface area contributed by atoms with Crippen LogP contribution in [-0.4, -0.2) is 41.3 Å². The van der Waals surface area contributed by atoms with E-state index in [1.807, 2.05) is 13.8 Å². The number of benzene rings is 1. The highest BCUT2D eigenvalue weighted by molar-refractivity contribution is 9.10. The van der Waals surface area contributed by atoms with E-state index in [2.05, 4.69) is 20.8 Å². The first-order valence-corrected chi connectivity index (χ1v) is 7.15. The third-order valence-electron chi connectivity index (χ3n) is 3.58. The molecule has 4 nitrogen and oxygen atoms in total. The molecule has 0 radical (unpaired) electrons. The molecule has 110 valence electrons. The molecular formula is C14H17BrFNO3. The van der Waals surface area contributed by atoms with Crippen LogP contribution in [0.4, 0.5) is 4.39 Å². The first-order chi connectivity index (χ1) is 9.31. The van der Waals surface area contributed by atoms with Gasteiger partial charge in [-0.3, -0.25) is 4.90 Å². The Labute approximate surface area is 125 Å². The number of carboxylic acids is 1. The third-order valence-corrected chi connectivity index (χ3v) is 4.27. The number of likely N-dealkylation sites (tertiary alicyclic amines) is 1. The maximum Gasteiger partial charge on any atom is 0.329 e. The molecule has 1 aromatic rings. The lowest BCUT2D eigenvalue weighted by atomic mass is 9.92. The molecule has 0 saturated carbocycles. The quantitative estimate of drug-likeness (QED) is 0.891. The summed E-state index contributed by atoms with van der Waals surface area (Å²) in [6.07, 6.45) is 0. The van der Waals surface area contributed by atoms with Crippen LogP contribution in [-0.2, 0) is 9.53 Å². The highest BCUT2D eigenvalue weighted by Crippen LogP contribution is 2.35. The molecule has 20 heavy (non-hydrogen) atoms. The summed E-state index contributed by atoms with van der Waals surface area (Å²) in [7, 11) is 0. The van der Waals surface area contributed by atoms with Crippen molar-refractivity contribution in [3.63, 3.8) is 0 Å². The maximum atomic E-state index is 13.1. The summed E-state index contributed by atoms with van der Waals surface area (Å²) in [4.78, 5) is 12.7. The van der Waals surface area contributed by atoms with Gasteiger partial charge < -0.3 is 9.84 Å². The number of halogens is 2. The van der Waals surface area contributed by atoms with Crippen LogP contribution in [0.3, 0.4) is 0 Å². The number of nitrogens with zero attached hydrogens (tertiary/aromatic N) is 1. The Morgan fingerprint density at radius 3 is 2.80 bits per heavy atom. The summed E-state index contributed by atoms with van der Waals surface area (Å²) in [6.45, 7) is 4.98. The molecule has 0 amide bonds. The fourth-order valence-corrected chi connectivity index (χ4v) is 3.13. The van der Waals surface area contributed by atoms with E-state index in [1.54, 1.807) is 6.07 Å². The summed E-state index contributed by atoms with van der Waals surface area (Å²) in [5.74, 6) is -1.23. The average molecular weight is 346 g/mol. The molecule has 1 aromatic carbocycles. The van der Waals surface area contributed by atoms with Crippen molar-refractivity contribution in [3.8, 4) is 0 Å². The average Bonchev–Trinajstić information content (AvgIpc) is 2.32. The molecule has 1 fully saturated rings. The highest BCUT2D eigenvalue weighted by Gasteiger charge is 2.42. The van der Waals surface area contributed by atoms with Crippen molar-refractivity contribution in [2.24, 2.45) is 0 Å². The Morgan fingerprint density at radius 1 is 1.60 bits per heavy atom. The summed E-state index contributed by atoms with van der Waals surface area (Å²) in [5.41, 5.74) is 0.589. The number of carbonyl (C=O) groups is 1. The molecule has 1 heterocycles. The third kappa shape index (κ3) is 3.37. The van der Waals surface area contributed by atoms with Crippen LogP contribution < -0.4 is 0 Å². The van der Waals surface area contributed by atoms with Gasteiger partial charge in [0.1, 0.15) is 12.4 Å². The molecule has 1 aliphatic heterocycles. The van der Waals surface area contributed by atoms with Gasteiger partial charge in [-0.1, -0.05) is 22.0 Å². The monoisotopic (exact) mass is 345 g/mol. The van der Waals surface area contributed by atoms with Crippen molar-refractivity contribution in [2.45, 2.75) is 25.5 Å². The second-order valence-corrected chi connectivity index (χ2v) is 6.23.